The molecule has 0 fully saturated rings. The second kappa shape index (κ2) is 5.20. The highest BCUT2D eigenvalue weighted by atomic mass is 19.1. The number of nitrogen functional groups attached to an aromatic ring is 1. The topological polar surface area (TPSA) is 68.0 Å². The Hall–Kier alpha value is -2.95. The standard InChI is InChI=1S/C16H12FN3O/c17-13-3-1-2-4-14(13)20-16(21)15-12-6-5-11(18)9-10(12)7-8-19-15/h1-9H,18H2,(H,20,21). The van der Waals surface area contributed by atoms with Crippen LogP contribution in [0.2, 0.25) is 0 Å². The summed E-state index contributed by atoms with van der Waals surface area (Å²) in [6.07, 6.45) is 1.53. The first kappa shape index (κ1) is 13.1. The minimum atomic E-state index is -0.490. The summed E-state index contributed by atoms with van der Waals surface area (Å²) >= 11 is 0. The van der Waals surface area contributed by atoms with Crippen LogP contribution in [0.1, 0.15) is 10.5 Å². The number of aromatic nitrogens is 1. The molecule has 0 bridgehead atoms. The molecule has 104 valence electrons. The largest absolute Gasteiger partial charge is 0.399 e. The number of carbonyl (C=O) groups is 1. The number of pyridine rings is 1. The van der Waals surface area contributed by atoms with E-state index in [1.54, 1.807) is 36.4 Å². The van der Waals surface area contributed by atoms with Crippen LogP contribution in [-0.2, 0) is 0 Å². The molecule has 0 saturated heterocycles. The Balaban J connectivity index is 2.01. The lowest BCUT2D eigenvalue weighted by molar-refractivity contribution is 0.102. The number of nitrogens with two attached hydrogens (primary N) is 1. The number of anilines is 2. The van der Waals surface area contributed by atoms with Gasteiger partial charge in [0, 0.05) is 17.3 Å². The van der Waals surface area contributed by atoms with Crippen molar-refractivity contribution in [2.24, 2.45) is 0 Å². The van der Waals surface area contributed by atoms with Crippen LogP contribution in [0, 0.1) is 5.82 Å². The van der Waals surface area contributed by atoms with Crippen LogP contribution in [0.25, 0.3) is 10.8 Å². The van der Waals surface area contributed by atoms with Gasteiger partial charge in [-0.25, -0.2) is 4.39 Å². The van der Waals surface area contributed by atoms with E-state index >= 15 is 0 Å². The van der Waals surface area contributed by atoms with E-state index in [-0.39, 0.29) is 11.4 Å². The Morgan fingerprint density at radius 1 is 1.14 bits per heavy atom. The Morgan fingerprint density at radius 3 is 2.76 bits per heavy atom. The molecule has 3 N–H and O–H groups in total. The normalized spacial score (nSPS) is 10.5. The minimum Gasteiger partial charge on any atom is -0.399 e. The molecule has 0 aliphatic carbocycles. The molecule has 2 aromatic carbocycles. The lowest BCUT2D eigenvalue weighted by Gasteiger charge is -2.08. The van der Waals surface area contributed by atoms with E-state index in [9.17, 15) is 9.18 Å². The van der Waals surface area contributed by atoms with Crippen molar-refractivity contribution < 1.29 is 9.18 Å². The molecule has 4 nitrogen and oxygen atoms in total. The zero-order chi connectivity index (χ0) is 14.8. The van der Waals surface area contributed by atoms with Gasteiger partial charge in [-0.05, 0) is 41.8 Å². The summed E-state index contributed by atoms with van der Waals surface area (Å²) in [5.41, 5.74) is 6.68. The lowest BCUT2D eigenvalue weighted by Crippen LogP contribution is -2.15. The minimum absolute atomic E-state index is 0.122. The Kier molecular flexibility index (Phi) is 3.23. The van der Waals surface area contributed by atoms with E-state index in [2.05, 4.69) is 10.3 Å². The molecule has 1 amide bonds. The summed E-state index contributed by atoms with van der Waals surface area (Å²) < 4.78 is 13.6. The number of benzene rings is 2. The van der Waals surface area contributed by atoms with Gasteiger partial charge in [0.25, 0.3) is 5.91 Å². The number of nitrogens with one attached hydrogen (secondary N) is 1. The molecule has 5 heteroatoms. The SMILES string of the molecule is Nc1ccc2c(C(=O)Nc3ccccc3F)nccc2c1. The van der Waals surface area contributed by atoms with Gasteiger partial charge in [-0.3, -0.25) is 9.78 Å². The number of hydrogen-bond acceptors (Lipinski definition) is 3. The molecular formula is C16H12FN3O. The Morgan fingerprint density at radius 2 is 1.95 bits per heavy atom. The molecule has 1 aromatic heterocycles. The number of para-hydroxylation sites is 1. The number of carbonyl (C=O) groups excluding carboxylic acids is 1. The van der Waals surface area contributed by atoms with Crippen molar-refractivity contribution in [2.45, 2.75) is 0 Å². The predicted molar refractivity (Wildman–Crippen MR) is 80.5 cm³/mol. The maximum absolute atomic E-state index is 13.6. The maximum atomic E-state index is 13.6. The van der Waals surface area contributed by atoms with E-state index in [0.29, 0.717) is 11.1 Å². The number of nitrogens with zero attached hydrogens (tertiary/aromatic N) is 1. The van der Waals surface area contributed by atoms with Gasteiger partial charge < -0.3 is 11.1 Å². The monoisotopic (exact) mass is 281 g/mol. The van der Waals surface area contributed by atoms with Gasteiger partial charge in [0.1, 0.15) is 11.5 Å². The number of fused-ring (bicyclic) bond motifs is 1. The third-order valence-electron chi connectivity index (χ3n) is 3.13. The summed E-state index contributed by atoms with van der Waals surface area (Å²) in [7, 11) is 0. The third-order valence-corrected chi connectivity index (χ3v) is 3.13. The van der Waals surface area contributed by atoms with E-state index in [1.807, 2.05) is 0 Å². The summed E-state index contributed by atoms with van der Waals surface area (Å²) in [6.45, 7) is 0. The van der Waals surface area contributed by atoms with E-state index in [0.717, 1.165) is 5.39 Å². The van der Waals surface area contributed by atoms with E-state index in [1.165, 1.54) is 18.3 Å². The van der Waals surface area contributed by atoms with Crippen molar-refractivity contribution in [1.29, 1.82) is 0 Å². The van der Waals surface area contributed by atoms with Gasteiger partial charge in [0.15, 0.2) is 0 Å². The zero-order valence-corrected chi connectivity index (χ0v) is 11.0. The fraction of sp³-hybridized carbons (Fsp3) is 0. The van der Waals surface area contributed by atoms with Crippen LogP contribution >= 0.6 is 0 Å². The highest BCUT2D eigenvalue weighted by Crippen LogP contribution is 2.21. The van der Waals surface area contributed by atoms with E-state index < -0.39 is 11.7 Å². The molecule has 0 atom stereocenters. The van der Waals surface area contributed by atoms with Crippen molar-refractivity contribution in [3.8, 4) is 0 Å². The Labute approximate surface area is 120 Å². The number of amides is 1. The second-order valence-electron chi connectivity index (χ2n) is 4.57. The number of hydrogen-bond donors (Lipinski definition) is 2. The van der Waals surface area contributed by atoms with Gasteiger partial charge in [-0.15, -0.1) is 0 Å². The van der Waals surface area contributed by atoms with Crippen molar-refractivity contribution in [3.63, 3.8) is 0 Å². The molecule has 0 radical (unpaired) electrons. The van der Waals surface area contributed by atoms with Gasteiger partial charge in [0.05, 0.1) is 5.69 Å². The van der Waals surface area contributed by atoms with Crippen molar-refractivity contribution in [2.75, 3.05) is 11.1 Å². The van der Waals surface area contributed by atoms with Crippen LogP contribution in [0.5, 0.6) is 0 Å². The molecule has 0 spiro atoms. The molecule has 0 unspecified atom stereocenters. The molecule has 0 aliphatic heterocycles. The summed E-state index contributed by atoms with van der Waals surface area (Å²) in [5.74, 6) is -0.953. The van der Waals surface area contributed by atoms with Crippen LogP contribution in [-0.4, -0.2) is 10.9 Å². The number of rotatable bonds is 2. The van der Waals surface area contributed by atoms with E-state index in [4.69, 9.17) is 5.73 Å². The molecule has 1 heterocycles. The van der Waals surface area contributed by atoms with Crippen molar-refractivity contribution in [3.05, 3.63) is 66.2 Å². The van der Waals surface area contributed by atoms with Crippen molar-refractivity contribution >= 4 is 28.1 Å². The molecule has 21 heavy (non-hydrogen) atoms. The first-order valence-electron chi connectivity index (χ1n) is 6.35. The van der Waals surface area contributed by atoms with Crippen LogP contribution in [0.4, 0.5) is 15.8 Å². The van der Waals surface area contributed by atoms with Crippen LogP contribution in [0.3, 0.4) is 0 Å². The highest BCUT2D eigenvalue weighted by Gasteiger charge is 2.13. The molecule has 3 aromatic rings. The summed E-state index contributed by atoms with van der Waals surface area (Å²) in [5, 5.41) is 4.00. The Bertz CT molecular complexity index is 833. The highest BCUT2D eigenvalue weighted by molar-refractivity contribution is 6.11. The summed E-state index contributed by atoms with van der Waals surface area (Å²) in [6, 6.07) is 12.9. The summed E-state index contributed by atoms with van der Waals surface area (Å²) in [4.78, 5) is 16.4. The van der Waals surface area contributed by atoms with Crippen molar-refractivity contribution in [1.82, 2.24) is 4.98 Å². The first-order valence-corrected chi connectivity index (χ1v) is 6.35. The van der Waals surface area contributed by atoms with Gasteiger partial charge in [0.2, 0.25) is 0 Å². The fourth-order valence-corrected chi connectivity index (χ4v) is 2.12. The number of halogens is 1. The molecule has 0 aliphatic rings. The molecule has 0 saturated carbocycles. The molecule has 3 rings (SSSR count). The lowest BCUT2D eigenvalue weighted by atomic mass is 10.1. The predicted octanol–water partition coefficient (Wildman–Crippen LogP) is 3.21. The zero-order valence-electron chi connectivity index (χ0n) is 11.0. The van der Waals surface area contributed by atoms with Gasteiger partial charge in [-0.2, -0.15) is 0 Å². The average molecular weight is 281 g/mol. The third kappa shape index (κ3) is 2.53. The van der Waals surface area contributed by atoms with Gasteiger partial charge in [-0.1, -0.05) is 12.1 Å². The average Bonchev–Trinajstić information content (AvgIpc) is 2.48. The molecular weight excluding hydrogens is 269 g/mol. The van der Waals surface area contributed by atoms with Gasteiger partial charge >= 0.3 is 0 Å². The van der Waals surface area contributed by atoms with Crippen LogP contribution < -0.4 is 11.1 Å². The first-order chi connectivity index (χ1) is 10.1. The fourth-order valence-electron chi connectivity index (χ4n) is 2.12. The van der Waals surface area contributed by atoms with Crippen LogP contribution in [0.15, 0.2) is 54.7 Å². The quantitative estimate of drug-likeness (QED) is 0.709. The maximum Gasteiger partial charge on any atom is 0.274 e. The smallest absolute Gasteiger partial charge is 0.274 e. The second-order valence-corrected chi connectivity index (χ2v) is 4.57.